The fourth-order valence-corrected chi connectivity index (χ4v) is 2.67. The summed E-state index contributed by atoms with van der Waals surface area (Å²) in [6.45, 7) is -3.12. The van der Waals surface area contributed by atoms with Gasteiger partial charge in [-0.25, -0.2) is 18.1 Å². The van der Waals surface area contributed by atoms with E-state index in [4.69, 9.17) is 5.26 Å². The predicted molar refractivity (Wildman–Crippen MR) is 76.7 cm³/mol. The molecule has 0 unspecified atom stereocenters. The zero-order chi connectivity index (χ0) is 17.7. The van der Waals surface area contributed by atoms with Crippen molar-refractivity contribution < 1.29 is 26.7 Å². The normalized spacial score (nSPS) is 10.9. The first-order valence-electron chi connectivity index (χ1n) is 6.31. The lowest BCUT2D eigenvalue weighted by Gasteiger charge is -2.09. The molecule has 0 aliphatic heterocycles. The molecule has 1 amide bonds. The lowest BCUT2D eigenvalue weighted by molar-refractivity contribution is -0.0500. The Morgan fingerprint density at radius 2 is 1.96 bits per heavy atom. The quantitative estimate of drug-likeness (QED) is 0.876. The number of carbonyl (C=O) groups excluding carboxylic acids is 1. The SMILES string of the molecule is N#Cc1cccc(C(=O)NS(=O)(=O)c2cccc(OC(F)F)c2)n1. The molecular formula is C14H9F2N3O4S. The fourth-order valence-electron chi connectivity index (χ4n) is 1.67. The van der Waals surface area contributed by atoms with Gasteiger partial charge >= 0.3 is 6.61 Å². The van der Waals surface area contributed by atoms with Crippen molar-refractivity contribution in [3.63, 3.8) is 0 Å². The van der Waals surface area contributed by atoms with Gasteiger partial charge < -0.3 is 4.74 Å². The van der Waals surface area contributed by atoms with E-state index >= 15 is 0 Å². The Hall–Kier alpha value is -3.06. The van der Waals surface area contributed by atoms with E-state index < -0.39 is 27.4 Å². The third-order valence-corrected chi connectivity index (χ3v) is 3.99. The second-order valence-electron chi connectivity index (χ2n) is 4.31. The molecule has 1 aromatic heterocycles. The highest BCUT2D eigenvalue weighted by Gasteiger charge is 2.20. The second kappa shape index (κ2) is 7.01. The minimum absolute atomic E-state index is 0.0626. The van der Waals surface area contributed by atoms with Crippen molar-refractivity contribution in [2.75, 3.05) is 0 Å². The van der Waals surface area contributed by atoms with Crippen molar-refractivity contribution in [1.29, 1.82) is 5.26 Å². The van der Waals surface area contributed by atoms with E-state index in [1.165, 1.54) is 24.3 Å². The van der Waals surface area contributed by atoms with Crippen LogP contribution in [-0.2, 0) is 10.0 Å². The first-order valence-corrected chi connectivity index (χ1v) is 7.79. The molecule has 2 aromatic rings. The molecule has 0 atom stereocenters. The van der Waals surface area contributed by atoms with Gasteiger partial charge in [0.25, 0.3) is 15.9 Å². The lowest BCUT2D eigenvalue weighted by Crippen LogP contribution is -2.31. The molecule has 1 N–H and O–H groups in total. The topological polar surface area (TPSA) is 109 Å². The van der Waals surface area contributed by atoms with Gasteiger partial charge in [-0.05, 0) is 24.3 Å². The van der Waals surface area contributed by atoms with Crippen LogP contribution in [0.3, 0.4) is 0 Å². The van der Waals surface area contributed by atoms with E-state index in [9.17, 15) is 22.0 Å². The molecule has 0 aliphatic carbocycles. The van der Waals surface area contributed by atoms with Gasteiger partial charge in [-0.2, -0.15) is 14.0 Å². The summed E-state index contributed by atoms with van der Waals surface area (Å²) >= 11 is 0. The summed E-state index contributed by atoms with van der Waals surface area (Å²) in [4.78, 5) is 15.2. The van der Waals surface area contributed by atoms with Gasteiger partial charge in [0, 0.05) is 6.07 Å². The van der Waals surface area contributed by atoms with Gasteiger partial charge in [-0.15, -0.1) is 0 Å². The Balaban J connectivity index is 2.24. The zero-order valence-electron chi connectivity index (χ0n) is 11.8. The molecule has 0 fully saturated rings. The van der Waals surface area contributed by atoms with E-state index in [0.29, 0.717) is 0 Å². The number of amides is 1. The summed E-state index contributed by atoms with van der Waals surface area (Å²) < 4.78 is 54.5. The Kier molecular flexibility index (Phi) is 5.05. The van der Waals surface area contributed by atoms with Crippen molar-refractivity contribution in [2.24, 2.45) is 0 Å². The van der Waals surface area contributed by atoms with Crippen LogP contribution in [0.4, 0.5) is 8.78 Å². The van der Waals surface area contributed by atoms with Crippen molar-refractivity contribution in [3.8, 4) is 11.8 Å². The molecular weight excluding hydrogens is 344 g/mol. The number of hydrogen-bond donors (Lipinski definition) is 1. The molecule has 124 valence electrons. The Bertz CT molecular complexity index is 910. The number of nitriles is 1. The molecule has 0 bridgehead atoms. The zero-order valence-corrected chi connectivity index (χ0v) is 12.6. The molecule has 0 saturated carbocycles. The second-order valence-corrected chi connectivity index (χ2v) is 5.99. The number of benzene rings is 1. The van der Waals surface area contributed by atoms with Gasteiger partial charge in [0.2, 0.25) is 0 Å². The summed E-state index contributed by atoms with van der Waals surface area (Å²) in [6.07, 6.45) is 0. The maximum Gasteiger partial charge on any atom is 0.387 e. The van der Waals surface area contributed by atoms with Crippen molar-refractivity contribution in [3.05, 3.63) is 53.9 Å². The van der Waals surface area contributed by atoms with Crippen LogP contribution in [0.25, 0.3) is 0 Å². The smallest absolute Gasteiger partial charge is 0.387 e. The van der Waals surface area contributed by atoms with Crippen LogP contribution in [0, 0.1) is 11.3 Å². The minimum atomic E-state index is -4.33. The predicted octanol–water partition coefficient (Wildman–Crippen LogP) is 1.67. The Labute approximate surface area is 135 Å². The summed E-state index contributed by atoms with van der Waals surface area (Å²) in [5.74, 6) is -1.43. The standard InChI is InChI=1S/C14H9F2N3O4S/c15-14(16)23-10-4-2-5-11(7-10)24(21,22)19-13(20)12-6-1-3-9(8-17)18-12/h1-7,14H,(H,19,20). The van der Waals surface area contributed by atoms with E-state index in [1.807, 2.05) is 0 Å². The third kappa shape index (κ3) is 4.23. The number of pyridine rings is 1. The number of sulfonamides is 1. The first kappa shape index (κ1) is 17.3. The van der Waals surface area contributed by atoms with Crippen LogP contribution in [0.1, 0.15) is 16.2 Å². The number of nitrogens with one attached hydrogen (secondary N) is 1. The average molecular weight is 353 g/mol. The van der Waals surface area contributed by atoms with E-state index in [2.05, 4.69) is 9.72 Å². The van der Waals surface area contributed by atoms with E-state index in [-0.39, 0.29) is 17.1 Å². The number of alkyl halides is 2. The molecule has 7 nitrogen and oxygen atoms in total. The number of hydrogen-bond acceptors (Lipinski definition) is 6. The molecule has 1 heterocycles. The minimum Gasteiger partial charge on any atom is -0.435 e. The van der Waals surface area contributed by atoms with Crippen LogP contribution < -0.4 is 9.46 Å². The highest BCUT2D eigenvalue weighted by Crippen LogP contribution is 2.19. The van der Waals surface area contributed by atoms with E-state index in [1.54, 1.807) is 10.8 Å². The Morgan fingerprint density at radius 3 is 2.62 bits per heavy atom. The number of halogens is 2. The van der Waals surface area contributed by atoms with Crippen LogP contribution in [0.2, 0.25) is 0 Å². The summed E-state index contributed by atoms with van der Waals surface area (Å²) in [5.41, 5.74) is -0.343. The number of nitrogens with zero attached hydrogens (tertiary/aromatic N) is 2. The van der Waals surface area contributed by atoms with Crippen molar-refractivity contribution in [2.45, 2.75) is 11.5 Å². The average Bonchev–Trinajstić information content (AvgIpc) is 2.54. The van der Waals surface area contributed by atoms with Gasteiger partial charge in [0.1, 0.15) is 23.2 Å². The number of ether oxygens (including phenoxy) is 1. The fraction of sp³-hybridized carbons (Fsp3) is 0.0714. The first-order chi connectivity index (χ1) is 11.3. The largest absolute Gasteiger partial charge is 0.435 e. The number of rotatable bonds is 5. The highest BCUT2D eigenvalue weighted by atomic mass is 32.2. The van der Waals surface area contributed by atoms with Crippen LogP contribution in [0.5, 0.6) is 5.75 Å². The van der Waals surface area contributed by atoms with Crippen molar-refractivity contribution in [1.82, 2.24) is 9.71 Å². The molecule has 24 heavy (non-hydrogen) atoms. The van der Waals surface area contributed by atoms with Crippen LogP contribution >= 0.6 is 0 Å². The summed E-state index contributed by atoms with van der Waals surface area (Å²) in [7, 11) is -4.33. The van der Waals surface area contributed by atoms with Gasteiger partial charge in [0.15, 0.2) is 0 Å². The summed E-state index contributed by atoms with van der Waals surface area (Å²) in [6, 6.07) is 9.93. The van der Waals surface area contributed by atoms with E-state index in [0.717, 1.165) is 18.2 Å². The maximum absolute atomic E-state index is 12.2. The molecule has 0 saturated heterocycles. The molecule has 0 radical (unpaired) electrons. The molecule has 0 spiro atoms. The highest BCUT2D eigenvalue weighted by molar-refractivity contribution is 7.90. The summed E-state index contributed by atoms with van der Waals surface area (Å²) in [5, 5.41) is 8.72. The maximum atomic E-state index is 12.2. The molecule has 0 aliphatic rings. The monoisotopic (exact) mass is 353 g/mol. The lowest BCUT2D eigenvalue weighted by atomic mass is 10.3. The number of carbonyl (C=O) groups is 1. The molecule has 2 rings (SSSR count). The van der Waals surface area contributed by atoms with Gasteiger partial charge in [-0.3, -0.25) is 4.79 Å². The Morgan fingerprint density at radius 1 is 1.25 bits per heavy atom. The van der Waals surface area contributed by atoms with Crippen molar-refractivity contribution >= 4 is 15.9 Å². The van der Waals surface area contributed by atoms with Gasteiger partial charge in [0.05, 0.1) is 4.90 Å². The third-order valence-electron chi connectivity index (χ3n) is 2.66. The van der Waals surface area contributed by atoms with Gasteiger partial charge in [-0.1, -0.05) is 12.1 Å². The van der Waals surface area contributed by atoms with Crippen LogP contribution in [0.15, 0.2) is 47.4 Å². The number of aromatic nitrogens is 1. The molecule has 1 aromatic carbocycles. The molecule has 10 heteroatoms. The van der Waals surface area contributed by atoms with Crippen LogP contribution in [-0.4, -0.2) is 25.9 Å².